The molecule has 3 heterocycles. The molecule has 0 spiro atoms. The molecule has 0 N–H and O–H groups in total. The van der Waals surface area contributed by atoms with Gasteiger partial charge in [-0.3, -0.25) is 4.79 Å². The van der Waals surface area contributed by atoms with Crippen LogP contribution < -0.4 is 4.90 Å². The van der Waals surface area contributed by atoms with Crippen molar-refractivity contribution in [1.82, 2.24) is 19.9 Å². The minimum Gasteiger partial charge on any atom is -0.346 e. The minimum absolute atomic E-state index is 0.0402. The Bertz CT molecular complexity index is 631. The van der Waals surface area contributed by atoms with Crippen LogP contribution in [0.5, 0.6) is 0 Å². The predicted octanol–water partition coefficient (Wildman–Crippen LogP) is 1.85. The van der Waals surface area contributed by atoms with Crippen molar-refractivity contribution in [3.05, 3.63) is 35.4 Å². The average molecular weight is 317 g/mol. The smallest absolute Gasteiger partial charge is 0.257 e. The summed E-state index contributed by atoms with van der Waals surface area (Å²) in [5, 5.41) is 3.02. The van der Waals surface area contributed by atoms with Crippen LogP contribution in [0.3, 0.4) is 0 Å². The summed E-state index contributed by atoms with van der Waals surface area (Å²) < 4.78 is 0. The minimum atomic E-state index is 0.0402. The SMILES string of the molecule is CCc1ncncc1C(=O)N1CCCN(c2nccs2)CC1. The van der Waals surface area contributed by atoms with Crippen LogP contribution in [-0.4, -0.2) is 51.9 Å². The molecule has 2 aromatic heterocycles. The number of aromatic nitrogens is 3. The molecule has 0 atom stereocenters. The van der Waals surface area contributed by atoms with Gasteiger partial charge in [0.1, 0.15) is 6.33 Å². The van der Waals surface area contributed by atoms with Crippen molar-refractivity contribution in [2.24, 2.45) is 0 Å². The highest BCUT2D eigenvalue weighted by molar-refractivity contribution is 7.13. The van der Waals surface area contributed by atoms with E-state index in [2.05, 4.69) is 19.9 Å². The van der Waals surface area contributed by atoms with E-state index in [1.54, 1.807) is 17.5 Å². The maximum atomic E-state index is 12.7. The van der Waals surface area contributed by atoms with Crippen LogP contribution in [0.15, 0.2) is 24.1 Å². The number of hydrogen-bond acceptors (Lipinski definition) is 6. The van der Waals surface area contributed by atoms with Gasteiger partial charge in [0, 0.05) is 44.0 Å². The lowest BCUT2D eigenvalue weighted by atomic mass is 10.1. The molecule has 1 aliphatic rings. The van der Waals surface area contributed by atoms with Gasteiger partial charge in [-0.1, -0.05) is 6.92 Å². The molecule has 7 heteroatoms. The fourth-order valence-corrected chi connectivity index (χ4v) is 3.37. The first-order valence-electron chi connectivity index (χ1n) is 7.52. The third-order valence-corrected chi connectivity index (χ3v) is 4.67. The normalized spacial score (nSPS) is 15.7. The number of anilines is 1. The van der Waals surface area contributed by atoms with E-state index in [4.69, 9.17) is 0 Å². The van der Waals surface area contributed by atoms with Gasteiger partial charge in [-0.15, -0.1) is 11.3 Å². The fraction of sp³-hybridized carbons (Fsp3) is 0.467. The summed E-state index contributed by atoms with van der Waals surface area (Å²) in [7, 11) is 0. The number of amides is 1. The van der Waals surface area contributed by atoms with Crippen molar-refractivity contribution in [2.45, 2.75) is 19.8 Å². The van der Waals surface area contributed by atoms with Gasteiger partial charge in [-0.2, -0.15) is 0 Å². The van der Waals surface area contributed by atoms with Crippen LogP contribution in [-0.2, 0) is 6.42 Å². The Morgan fingerprint density at radius 3 is 2.95 bits per heavy atom. The van der Waals surface area contributed by atoms with Crippen molar-refractivity contribution in [3.8, 4) is 0 Å². The molecule has 2 aromatic rings. The topological polar surface area (TPSA) is 62.2 Å². The summed E-state index contributed by atoms with van der Waals surface area (Å²) in [6.07, 6.45) is 6.64. The summed E-state index contributed by atoms with van der Waals surface area (Å²) in [6.45, 7) is 5.22. The molecular weight excluding hydrogens is 298 g/mol. The van der Waals surface area contributed by atoms with E-state index in [0.29, 0.717) is 12.1 Å². The summed E-state index contributed by atoms with van der Waals surface area (Å²) >= 11 is 1.64. The second-order valence-corrected chi connectivity index (χ2v) is 6.06. The van der Waals surface area contributed by atoms with Crippen molar-refractivity contribution < 1.29 is 4.79 Å². The van der Waals surface area contributed by atoms with E-state index in [1.165, 1.54) is 6.33 Å². The first-order valence-corrected chi connectivity index (χ1v) is 8.40. The molecule has 0 saturated carbocycles. The first kappa shape index (κ1) is 14.9. The Hall–Kier alpha value is -2.02. The molecule has 116 valence electrons. The summed E-state index contributed by atoms with van der Waals surface area (Å²) in [4.78, 5) is 29.5. The maximum Gasteiger partial charge on any atom is 0.257 e. The van der Waals surface area contributed by atoms with E-state index in [-0.39, 0.29) is 5.91 Å². The second-order valence-electron chi connectivity index (χ2n) is 5.18. The zero-order chi connectivity index (χ0) is 15.4. The number of carbonyl (C=O) groups excluding carboxylic acids is 1. The molecule has 1 aliphatic heterocycles. The van der Waals surface area contributed by atoms with Gasteiger partial charge in [0.05, 0.1) is 11.3 Å². The number of aryl methyl sites for hydroxylation is 1. The van der Waals surface area contributed by atoms with E-state index in [9.17, 15) is 4.79 Å². The zero-order valence-electron chi connectivity index (χ0n) is 12.6. The van der Waals surface area contributed by atoms with Gasteiger partial charge in [-0.25, -0.2) is 15.0 Å². The van der Waals surface area contributed by atoms with Gasteiger partial charge >= 0.3 is 0 Å². The van der Waals surface area contributed by atoms with Crippen molar-refractivity contribution in [3.63, 3.8) is 0 Å². The quantitative estimate of drug-likeness (QED) is 0.864. The van der Waals surface area contributed by atoms with E-state index >= 15 is 0 Å². The molecule has 22 heavy (non-hydrogen) atoms. The molecule has 6 nitrogen and oxygen atoms in total. The van der Waals surface area contributed by atoms with Crippen molar-refractivity contribution in [1.29, 1.82) is 0 Å². The maximum absolute atomic E-state index is 12.7. The Labute approximate surface area is 133 Å². The van der Waals surface area contributed by atoms with Crippen LogP contribution in [0.1, 0.15) is 29.4 Å². The van der Waals surface area contributed by atoms with Crippen LogP contribution in [0.25, 0.3) is 0 Å². The molecule has 1 fully saturated rings. The van der Waals surface area contributed by atoms with Gasteiger partial charge < -0.3 is 9.80 Å². The number of carbonyl (C=O) groups is 1. The van der Waals surface area contributed by atoms with Gasteiger partial charge in [-0.05, 0) is 12.8 Å². The third kappa shape index (κ3) is 3.09. The largest absolute Gasteiger partial charge is 0.346 e. The van der Waals surface area contributed by atoms with Gasteiger partial charge in [0.15, 0.2) is 5.13 Å². The van der Waals surface area contributed by atoms with Crippen LogP contribution in [0.4, 0.5) is 5.13 Å². The van der Waals surface area contributed by atoms with Gasteiger partial charge in [0.2, 0.25) is 0 Å². The Kier molecular flexibility index (Phi) is 4.62. The average Bonchev–Trinajstić information content (AvgIpc) is 2.99. The zero-order valence-corrected chi connectivity index (χ0v) is 13.4. The fourth-order valence-electron chi connectivity index (χ4n) is 2.67. The number of hydrogen-bond donors (Lipinski definition) is 0. The molecule has 0 radical (unpaired) electrons. The third-order valence-electron chi connectivity index (χ3n) is 3.83. The molecular formula is C15H19N5OS. The monoisotopic (exact) mass is 317 g/mol. The Morgan fingerprint density at radius 1 is 1.27 bits per heavy atom. The number of rotatable bonds is 3. The molecule has 1 saturated heterocycles. The molecule has 1 amide bonds. The highest BCUT2D eigenvalue weighted by Crippen LogP contribution is 2.20. The summed E-state index contributed by atoms with van der Waals surface area (Å²) in [5.74, 6) is 0.0402. The van der Waals surface area contributed by atoms with Crippen molar-refractivity contribution >= 4 is 22.4 Å². The Balaban J connectivity index is 1.71. The highest BCUT2D eigenvalue weighted by atomic mass is 32.1. The lowest BCUT2D eigenvalue weighted by molar-refractivity contribution is 0.0765. The van der Waals surface area contributed by atoms with Crippen LogP contribution in [0, 0.1) is 0 Å². The van der Waals surface area contributed by atoms with Crippen LogP contribution >= 0.6 is 11.3 Å². The Morgan fingerprint density at radius 2 is 2.18 bits per heavy atom. The standard InChI is InChI=1S/C15H19N5OS/c1-2-13-12(10-16-11-18-13)14(21)19-5-3-6-20(8-7-19)15-17-4-9-22-15/h4,9-11H,2-3,5-8H2,1H3. The first-order chi connectivity index (χ1) is 10.8. The number of nitrogens with zero attached hydrogens (tertiary/aromatic N) is 5. The van der Waals surface area contributed by atoms with Crippen molar-refractivity contribution in [2.75, 3.05) is 31.1 Å². The van der Waals surface area contributed by atoms with E-state index in [0.717, 1.165) is 43.3 Å². The van der Waals surface area contributed by atoms with Gasteiger partial charge in [0.25, 0.3) is 5.91 Å². The second kappa shape index (κ2) is 6.83. The molecule has 0 bridgehead atoms. The van der Waals surface area contributed by atoms with Crippen LogP contribution in [0.2, 0.25) is 0 Å². The molecule has 0 unspecified atom stereocenters. The molecule has 0 aromatic carbocycles. The summed E-state index contributed by atoms with van der Waals surface area (Å²) in [5.41, 5.74) is 1.45. The summed E-state index contributed by atoms with van der Waals surface area (Å²) in [6, 6.07) is 0. The molecule has 0 aliphatic carbocycles. The van der Waals surface area contributed by atoms with E-state index in [1.807, 2.05) is 23.4 Å². The lowest BCUT2D eigenvalue weighted by Gasteiger charge is -2.22. The highest BCUT2D eigenvalue weighted by Gasteiger charge is 2.23. The lowest BCUT2D eigenvalue weighted by Crippen LogP contribution is -2.35. The van der Waals surface area contributed by atoms with E-state index < -0.39 is 0 Å². The predicted molar refractivity (Wildman–Crippen MR) is 86.3 cm³/mol. The number of thiazole rings is 1. The molecule has 3 rings (SSSR count).